The van der Waals surface area contributed by atoms with E-state index in [0.29, 0.717) is 11.8 Å². The Morgan fingerprint density at radius 2 is 0.800 bits per heavy atom. The first-order valence-corrected chi connectivity index (χ1v) is 15.1. The average Bonchev–Trinajstić information content (AvgIpc) is 2.37. The van der Waals surface area contributed by atoms with Crippen molar-refractivity contribution < 1.29 is 0 Å². The normalized spacial score (nSPS) is 33.7. The minimum Gasteiger partial charge on any atom is -0.0835 e. The summed E-state index contributed by atoms with van der Waals surface area (Å²) in [6.45, 7) is 15.1. The van der Waals surface area contributed by atoms with Crippen molar-refractivity contribution in [3.8, 4) is 0 Å². The zero-order valence-electron chi connectivity index (χ0n) is 13.9. The van der Waals surface area contributed by atoms with Gasteiger partial charge in [0, 0.05) is 0 Å². The lowest BCUT2D eigenvalue weighted by Gasteiger charge is -2.43. The van der Waals surface area contributed by atoms with Gasteiger partial charge in [-0.15, -0.1) is 0 Å². The van der Waals surface area contributed by atoms with Crippen LogP contribution in [0.2, 0.25) is 50.4 Å². The summed E-state index contributed by atoms with van der Waals surface area (Å²) in [5.41, 5.74) is 1.54. The van der Waals surface area contributed by atoms with Gasteiger partial charge in [-0.05, 0) is 22.9 Å². The number of hydrogen-bond acceptors (Lipinski definition) is 0. The molecule has 0 aromatic carbocycles. The molecule has 0 aromatic heterocycles. The van der Waals surface area contributed by atoms with Gasteiger partial charge in [-0.1, -0.05) is 87.9 Å². The van der Waals surface area contributed by atoms with Crippen molar-refractivity contribution in [3.05, 3.63) is 48.6 Å². The van der Waals surface area contributed by atoms with Crippen LogP contribution in [0.1, 0.15) is 0 Å². The van der Waals surface area contributed by atoms with Crippen LogP contribution in [-0.2, 0) is 0 Å². The van der Waals surface area contributed by atoms with E-state index in [-0.39, 0.29) is 0 Å². The Morgan fingerprint density at radius 1 is 0.500 bits per heavy atom. The molecule has 0 bridgehead atoms. The summed E-state index contributed by atoms with van der Waals surface area (Å²) in [5, 5.41) is 0. The Labute approximate surface area is 127 Å². The van der Waals surface area contributed by atoms with E-state index in [1.807, 2.05) is 0 Å². The molecule has 0 aliphatic heterocycles. The van der Waals surface area contributed by atoms with E-state index in [4.69, 9.17) is 0 Å². The predicted octanol–water partition coefficient (Wildman–Crippen LogP) is 5.89. The van der Waals surface area contributed by atoms with Gasteiger partial charge in [0.2, 0.25) is 0 Å². The second-order valence-electron chi connectivity index (χ2n) is 8.48. The summed E-state index contributed by atoms with van der Waals surface area (Å²) in [7, 11) is -2.35. The first kappa shape index (κ1) is 15.8. The minimum atomic E-state index is -1.17. The van der Waals surface area contributed by atoms with Crippen LogP contribution in [0.25, 0.3) is 0 Å². The predicted molar refractivity (Wildman–Crippen MR) is 97.7 cm³/mol. The molecule has 0 heterocycles. The van der Waals surface area contributed by atoms with Gasteiger partial charge in [-0.2, -0.15) is 0 Å². The molecule has 0 fully saturated rings. The maximum Gasteiger partial charge on any atom is 0.0521 e. The molecule has 0 saturated heterocycles. The molecule has 110 valence electrons. The Balaban J connectivity index is 2.32. The molecule has 0 spiro atoms. The van der Waals surface area contributed by atoms with Crippen molar-refractivity contribution in [2.45, 2.75) is 50.4 Å². The van der Waals surface area contributed by atoms with E-state index in [2.05, 4.69) is 87.9 Å². The fourth-order valence-corrected chi connectivity index (χ4v) is 8.07. The second kappa shape index (κ2) is 5.65. The monoisotopic (exact) mass is 302 g/mol. The molecule has 4 atom stereocenters. The molecule has 0 unspecified atom stereocenters. The van der Waals surface area contributed by atoms with E-state index in [1.54, 1.807) is 0 Å². The second-order valence-corrected chi connectivity index (χ2v) is 19.3. The largest absolute Gasteiger partial charge is 0.0835 e. The van der Waals surface area contributed by atoms with E-state index in [1.165, 1.54) is 0 Å². The summed E-state index contributed by atoms with van der Waals surface area (Å²) >= 11 is 0. The zero-order chi connectivity index (χ0) is 15.0. The molecule has 2 rings (SSSR count). The summed E-state index contributed by atoms with van der Waals surface area (Å²) in [5.74, 6) is 1.40. The third-order valence-corrected chi connectivity index (χ3v) is 9.95. The standard InChI is InChI=1S/C18H30Si2/c1-19(2,3)17-13-9-7-11-15(17)16-12-8-10-14-18(16)20(4,5)6/h7-18H,1-6H3/t15-,16-,17+,18+/m0/s1. The third kappa shape index (κ3) is 3.34. The van der Waals surface area contributed by atoms with E-state index >= 15 is 0 Å². The zero-order valence-corrected chi connectivity index (χ0v) is 15.9. The lowest BCUT2D eigenvalue weighted by Crippen LogP contribution is -2.41. The third-order valence-electron chi connectivity index (χ3n) is 4.80. The fraction of sp³-hybridized carbons (Fsp3) is 0.556. The highest BCUT2D eigenvalue weighted by Crippen LogP contribution is 2.47. The van der Waals surface area contributed by atoms with Crippen LogP contribution in [0.3, 0.4) is 0 Å². The molecule has 2 heteroatoms. The van der Waals surface area contributed by atoms with Crippen LogP contribution in [-0.4, -0.2) is 16.1 Å². The number of rotatable bonds is 3. The highest BCUT2D eigenvalue weighted by molar-refractivity contribution is 6.79. The van der Waals surface area contributed by atoms with Crippen LogP contribution in [0.5, 0.6) is 0 Å². The van der Waals surface area contributed by atoms with Crippen LogP contribution >= 0.6 is 0 Å². The van der Waals surface area contributed by atoms with Crippen molar-refractivity contribution in [2.75, 3.05) is 0 Å². The van der Waals surface area contributed by atoms with Crippen molar-refractivity contribution in [3.63, 3.8) is 0 Å². The van der Waals surface area contributed by atoms with Crippen molar-refractivity contribution >= 4 is 16.1 Å². The molecule has 2 aliphatic rings. The highest BCUT2D eigenvalue weighted by Gasteiger charge is 2.41. The molecule has 0 amide bonds. The smallest absolute Gasteiger partial charge is 0.0521 e. The van der Waals surface area contributed by atoms with E-state index in [9.17, 15) is 0 Å². The lowest BCUT2D eigenvalue weighted by molar-refractivity contribution is 0.463. The summed E-state index contributed by atoms with van der Waals surface area (Å²) in [6, 6.07) is 0. The number of hydrogen-bond donors (Lipinski definition) is 0. The van der Waals surface area contributed by atoms with Crippen molar-refractivity contribution in [2.24, 2.45) is 11.8 Å². The molecule has 0 aromatic rings. The summed E-state index contributed by atoms with van der Waals surface area (Å²) < 4.78 is 0. The average molecular weight is 303 g/mol. The molecule has 0 saturated carbocycles. The van der Waals surface area contributed by atoms with Gasteiger partial charge in [0.25, 0.3) is 0 Å². The quantitative estimate of drug-likeness (QED) is 0.570. The maximum atomic E-state index is 2.51. The van der Waals surface area contributed by atoms with Gasteiger partial charge in [0.1, 0.15) is 0 Å². The Bertz CT molecular complexity index is 411. The molecule has 0 nitrogen and oxygen atoms in total. The van der Waals surface area contributed by atoms with Gasteiger partial charge >= 0.3 is 0 Å². The first-order valence-electron chi connectivity index (χ1n) is 7.91. The summed E-state index contributed by atoms with van der Waals surface area (Å²) in [4.78, 5) is 0. The van der Waals surface area contributed by atoms with Crippen molar-refractivity contribution in [1.29, 1.82) is 0 Å². The van der Waals surface area contributed by atoms with Gasteiger partial charge in [0.15, 0.2) is 0 Å². The van der Waals surface area contributed by atoms with Gasteiger partial charge < -0.3 is 0 Å². The topological polar surface area (TPSA) is 0 Å². The molecule has 0 radical (unpaired) electrons. The minimum absolute atomic E-state index is 0.699. The molecule has 20 heavy (non-hydrogen) atoms. The summed E-state index contributed by atoms with van der Waals surface area (Å²) in [6.07, 6.45) is 19.0. The Kier molecular flexibility index (Phi) is 4.45. The van der Waals surface area contributed by atoms with Gasteiger partial charge in [-0.3, -0.25) is 0 Å². The fourth-order valence-electron chi connectivity index (χ4n) is 3.72. The molecule has 2 aliphatic carbocycles. The maximum absolute atomic E-state index is 2.51. The first-order chi connectivity index (χ1) is 9.21. The van der Waals surface area contributed by atoms with Crippen LogP contribution in [0.15, 0.2) is 48.6 Å². The van der Waals surface area contributed by atoms with Crippen molar-refractivity contribution in [1.82, 2.24) is 0 Å². The molecular weight excluding hydrogens is 272 g/mol. The van der Waals surface area contributed by atoms with E-state index < -0.39 is 16.1 Å². The number of allylic oxidation sites excluding steroid dienone is 8. The Hall–Kier alpha value is -0.606. The Morgan fingerprint density at radius 3 is 1.10 bits per heavy atom. The van der Waals surface area contributed by atoms with Crippen LogP contribution < -0.4 is 0 Å². The highest BCUT2D eigenvalue weighted by atomic mass is 28.3. The van der Waals surface area contributed by atoms with Crippen LogP contribution in [0, 0.1) is 11.8 Å². The van der Waals surface area contributed by atoms with Gasteiger partial charge in [0.05, 0.1) is 16.1 Å². The van der Waals surface area contributed by atoms with Gasteiger partial charge in [-0.25, -0.2) is 0 Å². The SMILES string of the molecule is C[Si](C)(C)[C@@H]1C=CC=C[C@H]1[C@@H]1C=CC=C[C@H]1[Si](C)(C)C. The van der Waals surface area contributed by atoms with E-state index in [0.717, 1.165) is 11.1 Å². The van der Waals surface area contributed by atoms with Crippen LogP contribution in [0.4, 0.5) is 0 Å². The molecular formula is C18H30Si2. The lowest BCUT2D eigenvalue weighted by atomic mass is 9.82. The molecule has 0 N–H and O–H groups in total.